The summed E-state index contributed by atoms with van der Waals surface area (Å²) in [5.41, 5.74) is 2.45. The zero-order chi connectivity index (χ0) is 13.5. The Morgan fingerprint density at radius 2 is 1.79 bits per heavy atom. The summed E-state index contributed by atoms with van der Waals surface area (Å²) in [4.78, 5) is 4.42. The largest absolute Gasteiger partial charge is 0.302 e. The number of aromatic nitrogens is 1. The number of benzene rings is 1. The van der Waals surface area contributed by atoms with E-state index in [0.717, 1.165) is 12.1 Å². The molecule has 2 atom stereocenters. The molecular weight excluding hydrogens is 232 g/mol. The quantitative estimate of drug-likeness (QED) is 0.832. The summed E-state index contributed by atoms with van der Waals surface area (Å²) in [6.45, 7) is 4.40. The van der Waals surface area contributed by atoms with Gasteiger partial charge in [0, 0.05) is 18.3 Å². The number of nitrogens with zero attached hydrogens (tertiary/aromatic N) is 1. The lowest BCUT2D eigenvalue weighted by Gasteiger charge is -2.23. The summed E-state index contributed by atoms with van der Waals surface area (Å²) in [5, 5.41) is 3.69. The summed E-state index contributed by atoms with van der Waals surface area (Å²) in [5.74, 6) is 0. The van der Waals surface area contributed by atoms with Crippen LogP contribution in [0.25, 0.3) is 0 Å². The summed E-state index contributed by atoms with van der Waals surface area (Å²) < 4.78 is 0. The Hall–Kier alpha value is -1.67. The topological polar surface area (TPSA) is 24.9 Å². The highest BCUT2D eigenvalue weighted by molar-refractivity contribution is 5.19. The van der Waals surface area contributed by atoms with Gasteiger partial charge in [-0.3, -0.25) is 4.98 Å². The molecule has 100 valence electrons. The van der Waals surface area contributed by atoms with Crippen LogP contribution in [-0.4, -0.2) is 4.98 Å². The summed E-state index contributed by atoms with van der Waals surface area (Å²) in [6, 6.07) is 17.4. The molecule has 0 bridgehead atoms. The molecule has 2 rings (SSSR count). The predicted octanol–water partition coefficient (Wildman–Crippen LogP) is 4.27. The lowest BCUT2D eigenvalue weighted by atomic mass is 10.0. The number of hydrogen-bond donors (Lipinski definition) is 1. The monoisotopic (exact) mass is 254 g/mol. The van der Waals surface area contributed by atoms with Crippen molar-refractivity contribution in [1.82, 2.24) is 10.3 Å². The molecule has 2 heteroatoms. The minimum absolute atomic E-state index is 0.262. The van der Waals surface area contributed by atoms with Crippen LogP contribution in [0.2, 0.25) is 0 Å². The van der Waals surface area contributed by atoms with Crippen molar-refractivity contribution in [1.29, 1.82) is 0 Å². The van der Waals surface area contributed by atoms with Gasteiger partial charge in [0.2, 0.25) is 0 Å². The van der Waals surface area contributed by atoms with Gasteiger partial charge in [-0.15, -0.1) is 0 Å². The Bertz CT molecular complexity index is 467. The molecule has 0 saturated heterocycles. The van der Waals surface area contributed by atoms with Gasteiger partial charge in [0.15, 0.2) is 0 Å². The smallest absolute Gasteiger partial charge is 0.0570 e. The Balaban J connectivity index is 2.09. The molecule has 0 amide bonds. The molecule has 0 fully saturated rings. The standard InChI is InChI=1S/C17H22N2/c1-3-9-17(15-10-5-4-6-11-15)19-14(2)16-12-7-8-13-18-16/h4-8,10-14,17,19H,3,9H2,1-2H3/t14-,17?/m1/s1. The van der Waals surface area contributed by atoms with Gasteiger partial charge in [-0.25, -0.2) is 0 Å². The molecule has 1 aromatic heterocycles. The van der Waals surface area contributed by atoms with Crippen molar-refractivity contribution in [2.45, 2.75) is 38.8 Å². The van der Waals surface area contributed by atoms with Gasteiger partial charge in [0.1, 0.15) is 0 Å². The predicted molar refractivity (Wildman–Crippen MR) is 79.9 cm³/mol. The average molecular weight is 254 g/mol. The fourth-order valence-electron chi connectivity index (χ4n) is 2.34. The maximum Gasteiger partial charge on any atom is 0.0570 e. The Kier molecular flexibility index (Phi) is 5.10. The van der Waals surface area contributed by atoms with Crippen molar-refractivity contribution in [3.05, 3.63) is 66.0 Å². The molecule has 2 aromatic rings. The van der Waals surface area contributed by atoms with Gasteiger partial charge in [-0.05, 0) is 31.0 Å². The van der Waals surface area contributed by atoms with Crippen molar-refractivity contribution in [2.24, 2.45) is 0 Å². The van der Waals surface area contributed by atoms with E-state index in [0.29, 0.717) is 6.04 Å². The van der Waals surface area contributed by atoms with Crippen LogP contribution in [0.1, 0.15) is 50.0 Å². The third-order valence-corrected chi connectivity index (χ3v) is 3.36. The first-order valence-corrected chi connectivity index (χ1v) is 7.03. The molecule has 0 saturated carbocycles. The second-order valence-electron chi connectivity index (χ2n) is 4.89. The van der Waals surface area contributed by atoms with E-state index in [1.54, 1.807) is 0 Å². The minimum Gasteiger partial charge on any atom is -0.302 e. The lowest BCUT2D eigenvalue weighted by molar-refractivity contribution is 0.434. The molecule has 0 spiro atoms. The second kappa shape index (κ2) is 7.05. The van der Waals surface area contributed by atoms with E-state index in [-0.39, 0.29) is 6.04 Å². The van der Waals surface area contributed by atoms with E-state index >= 15 is 0 Å². The normalized spacial score (nSPS) is 14.0. The first-order chi connectivity index (χ1) is 9.31. The molecule has 0 aliphatic rings. The van der Waals surface area contributed by atoms with Gasteiger partial charge in [-0.2, -0.15) is 0 Å². The van der Waals surface area contributed by atoms with Crippen LogP contribution >= 0.6 is 0 Å². The summed E-state index contributed by atoms with van der Waals surface area (Å²) in [6.07, 6.45) is 4.16. The van der Waals surface area contributed by atoms with Crippen LogP contribution in [0.15, 0.2) is 54.7 Å². The lowest BCUT2D eigenvalue weighted by Crippen LogP contribution is -2.25. The van der Waals surface area contributed by atoms with Crippen molar-refractivity contribution in [2.75, 3.05) is 0 Å². The summed E-state index contributed by atoms with van der Waals surface area (Å²) in [7, 11) is 0. The third kappa shape index (κ3) is 3.90. The molecule has 1 N–H and O–H groups in total. The maximum atomic E-state index is 4.42. The third-order valence-electron chi connectivity index (χ3n) is 3.36. The van der Waals surface area contributed by atoms with Crippen molar-refractivity contribution < 1.29 is 0 Å². The van der Waals surface area contributed by atoms with Gasteiger partial charge < -0.3 is 5.32 Å². The molecule has 1 heterocycles. The molecule has 1 unspecified atom stereocenters. The second-order valence-corrected chi connectivity index (χ2v) is 4.89. The zero-order valence-electron chi connectivity index (χ0n) is 11.7. The van der Waals surface area contributed by atoms with Crippen molar-refractivity contribution >= 4 is 0 Å². The van der Waals surface area contributed by atoms with Gasteiger partial charge >= 0.3 is 0 Å². The van der Waals surface area contributed by atoms with Crippen LogP contribution in [0.3, 0.4) is 0 Å². The molecule has 19 heavy (non-hydrogen) atoms. The van der Waals surface area contributed by atoms with E-state index < -0.39 is 0 Å². The summed E-state index contributed by atoms with van der Waals surface area (Å²) >= 11 is 0. The average Bonchev–Trinajstić information content (AvgIpc) is 2.48. The van der Waals surface area contributed by atoms with E-state index in [2.05, 4.69) is 60.5 Å². The number of nitrogens with one attached hydrogen (secondary N) is 1. The van der Waals surface area contributed by atoms with Crippen LogP contribution in [0.4, 0.5) is 0 Å². The molecule has 0 radical (unpaired) electrons. The Morgan fingerprint density at radius 1 is 1.05 bits per heavy atom. The van der Waals surface area contributed by atoms with E-state index in [1.165, 1.54) is 12.0 Å². The fourth-order valence-corrected chi connectivity index (χ4v) is 2.34. The Labute approximate surface area is 115 Å². The van der Waals surface area contributed by atoms with E-state index in [4.69, 9.17) is 0 Å². The highest BCUT2D eigenvalue weighted by Gasteiger charge is 2.14. The van der Waals surface area contributed by atoms with Gasteiger partial charge in [-0.1, -0.05) is 49.7 Å². The van der Waals surface area contributed by atoms with Crippen LogP contribution in [0, 0.1) is 0 Å². The number of pyridine rings is 1. The number of rotatable bonds is 6. The molecule has 0 aliphatic heterocycles. The minimum atomic E-state index is 0.262. The van der Waals surface area contributed by atoms with Gasteiger partial charge in [0.05, 0.1) is 5.69 Å². The Morgan fingerprint density at radius 3 is 2.42 bits per heavy atom. The molecule has 2 nitrogen and oxygen atoms in total. The van der Waals surface area contributed by atoms with Crippen LogP contribution in [0.5, 0.6) is 0 Å². The maximum absolute atomic E-state index is 4.42. The van der Waals surface area contributed by atoms with Crippen molar-refractivity contribution in [3.63, 3.8) is 0 Å². The van der Waals surface area contributed by atoms with Crippen LogP contribution < -0.4 is 5.32 Å². The fraction of sp³-hybridized carbons (Fsp3) is 0.353. The first-order valence-electron chi connectivity index (χ1n) is 7.03. The van der Waals surface area contributed by atoms with E-state index in [1.807, 2.05) is 18.3 Å². The number of hydrogen-bond acceptors (Lipinski definition) is 2. The SMILES string of the molecule is CCCC(N[C@H](C)c1ccccn1)c1ccccc1. The highest BCUT2D eigenvalue weighted by atomic mass is 15.0. The molecule has 1 aromatic carbocycles. The molecular formula is C17H22N2. The zero-order valence-corrected chi connectivity index (χ0v) is 11.7. The first kappa shape index (κ1) is 13.8. The van der Waals surface area contributed by atoms with Gasteiger partial charge in [0.25, 0.3) is 0 Å². The molecule has 0 aliphatic carbocycles. The highest BCUT2D eigenvalue weighted by Crippen LogP contribution is 2.22. The van der Waals surface area contributed by atoms with Crippen LogP contribution in [-0.2, 0) is 0 Å². The van der Waals surface area contributed by atoms with Crippen molar-refractivity contribution in [3.8, 4) is 0 Å². The van der Waals surface area contributed by atoms with E-state index in [9.17, 15) is 0 Å².